The summed E-state index contributed by atoms with van der Waals surface area (Å²) in [5.74, 6) is 2.25. The van der Waals surface area contributed by atoms with Gasteiger partial charge >= 0.3 is 6.18 Å². The third-order valence-corrected chi connectivity index (χ3v) is 6.78. The van der Waals surface area contributed by atoms with Gasteiger partial charge in [-0.2, -0.15) is 13.2 Å². The lowest BCUT2D eigenvalue weighted by Gasteiger charge is -2.22. The van der Waals surface area contributed by atoms with E-state index < -0.39 is 11.7 Å². The van der Waals surface area contributed by atoms with Gasteiger partial charge in [-0.15, -0.1) is 0 Å². The fourth-order valence-corrected chi connectivity index (χ4v) is 4.25. The number of halogens is 4. The molecule has 0 atom stereocenters. The third kappa shape index (κ3) is 6.27. The molecule has 0 heterocycles. The highest BCUT2D eigenvalue weighted by Crippen LogP contribution is 2.45. The predicted molar refractivity (Wildman–Crippen MR) is 138 cm³/mol. The van der Waals surface area contributed by atoms with Gasteiger partial charge < -0.3 is 18.9 Å². The quantitative estimate of drug-likeness (QED) is 0.248. The molecule has 0 saturated heterocycles. The van der Waals surface area contributed by atoms with Crippen molar-refractivity contribution in [2.75, 3.05) is 20.8 Å². The average Bonchev–Trinajstić information content (AvgIpc) is 2.85. The van der Waals surface area contributed by atoms with Crippen molar-refractivity contribution in [3.8, 4) is 23.0 Å². The molecule has 0 amide bonds. The van der Waals surface area contributed by atoms with Crippen molar-refractivity contribution >= 4 is 15.9 Å². The Morgan fingerprint density at radius 3 is 2.08 bits per heavy atom. The van der Waals surface area contributed by atoms with E-state index in [1.165, 1.54) is 12.1 Å². The molecule has 0 unspecified atom stereocenters. The van der Waals surface area contributed by atoms with Gasteiger partial charge in [-0.1, -0.05) is 35.0 Å². The van der Waals surface area contributed by atoms with E-state index in [4.69, 9.17) is 18.9 Å². The number of alkyl halides is 3. The Morgan fingerprint density at radius 2 is 1.50 bits per heavy atom. The molecule has 0 spiro atoms. The summed E-state index contributed by atoms with van der Waals surface area (Å²) in [5.41, 5.74) is 3.74. The summed E-state index contributed by atoms with van der Waals surface area (Å²) in [4.78, 5) is 0. The van der Waals surface area contributed by atoms with Gasteiger partial charge in [0, 0.05) is 22.0 Å². The Labute approximate surface area is 218 Å². The predicted octanol–water partition coefficient (Wildman–Crippen LogP) is 8.06. The summed E-state index contributed by atoms with van der Waals surface area (Å²) in [6, 6.07) is 10.7. The van der Waals surface area contributed by atoms with Crippen LogP contribution in [0.1, 0.15) is 46.7 Å². The molecule has 0 bridgehead atoms. The minimum atomic E-state index is -4.39. The molecule has 3 aromatic rings. The second kappa shape index (κ2) is 11.9. The molecule has 0 saturated carbocycles. The van der Waals surface area contributed by atoms with Crippen LogP contribution in [0, 0.1) is 13.8 Å². The number of aryl methyl sites for hydroxylation is 1. The minimum absolute atomic E-state index is 0.0643. The van der Waals surface area contributed by atoms with Crippen molar-refractivity contribution in [3.63, 3.8) is 0 Å². The Hall–Kier alpha value is -2.87. The van der Waals surface area contributed by atoms with Gasteiger partial charge in [0.25, 0.3) is 0 Å². The maximum absolute atomic E-state index is 13.0. The first-order valence-electron chi connectivity index (χ1n) is 11.5. The summed E-state index contributed by atoms with van der Waals surface area (Å²) in [5, 5.41) is 0. The van der Waals surface area contributed by atoms with Crippen LogP contribution in [0.15, 0.2) is 46.9 Å². The van der Waals surface area contributed by atoms with Crippen LogP contribution in [-0.2, 0) is 19.2 Å². The highest BCUT2D eigenvalue weighted by Gasteiger charge is 2.30. The molecule has 0 aliphatic heterocycles. The first-order chi connectivity index (χ1) is 17.1. The van der Waals surface area contributed by atoms with Gasteiger partial charge in [-0.3, -0.25) is 0 Å². The van der Waals surface area contributed by atoms with Crippen LogP contribution in [0.4, 0.5) is 13.2 Å². The Balaban J connectivity index is 2.07. The van der Waals surface area contributed by atoms with Crippen LogP contribution in [-0.4, -0.2) is 20.8 Å². The Bertz CT molecular complexity index is 1190. The number of hydrogen-bond donors (Lipinski definition) is 0. The number of ether oxygens (including phenoxy) is 4. The lowest BCUT2D eigenvalue weighted by Crippen LogP contribution is -2.09. The van der Waals surface area contributed by atoms with Crippen LogP contribution < -0.4 is 18.9 Å². The van der Waals surface area contributed by atoms with Gasteiger partial charge in [0.05, 0.1) is 26.4 Å². The first-order valence-corrected chi connectivity index (χ1v) is 12.3. The molecular formula is C28H30BrF3O4. The van der Waals surface area contributed by atoms with Gasteiger partial charge in [0.2, 0.25) is 5.75 Å². The van der Waals surface area contributed by atoms with Crippen LogP contribution in [0.25, 0.3) is 0 Å². The van der Waals surface area contributed by atoms with E-state index in [2.05, 4.69) is 15.9 Å². The fraction of sp³-hybridized carbons (Fsp3) is 0.357. The van der Waals surface area contributed by atoms with Crippen LogP contribution in [0.2, 0.25) is 0 Å². The van der Waals surface area contributed by atoms with Gasteiger partial charge in [0.15, 0.2) is 11.5 Å². The standard InChI is InChI=1S/C28H30BrF3O4/c1-6-13-35-27-25(34-5)14-17(2)21(15-22-18(3)23(29)11-12-24(22)33-4)26(27)36-16-19-7-9-20(10-8-19)28(30,31)32/h7-12,14H,6,13,15-16H2,1-5H3. The summed E-state index contributed by atoms with van der Waals surface area (Å²) in [6.45, 7) is 6.49. The smallest absolute Gasteiger partial charge is 0.416 e. The molecule has 4 nitrogen and oxygen atoms in total. The number of rotatable bonds is 10. The zero-order chi connectivity index (χ0) is 26.5. The summed E-state index contributed by atoms with van der Waals surface area (Å²) >= 11 is 3.60. The SMILES string of the molecule is CCCOc1c(OC)cc(C)c(Cc2c(OC)ccc(Br)c2C)c1OCc1ccc(C(F)(F)F)cc1. The first kappa shape index (κ1) is 27.7. The third-order valence-electron chi connectivity index (χ3n) is 5.93. The fourth-order valence-electron chi connectivity index (χ4n) is 3.88. The molecule has 36 heavy (non-hydrogen) atoms. The molecule has 0 aromatic heterocycles. The van der Waals surface area contributed by atoms with E-state index in [-0.39, 0.29) is 6.61 Å². The van der Waals surface area contributed by atoms with E-state index in [9.17, 15) is 13.2 Å². The Kier molecular flexibility index (Phi) is 9.17. The highest BCUT2D eigenvalue weighted by atomic mass is 79.9. The normalized spacial score (nSPS) is 11.4. The van der Waals surface area contributed by atoms with E-state index >= 15 is 0 Å². The summed E-state index contributed by atoms with van der Waals surface area (Å²) in [7, 11) is 3.19. The van der Waals surface area contributed by atoms with Crippen molar-refractivity contribution in [2.24, 2.45) is 0 Å². The second-order valence-electron chi connectivity index (χ2n) is 8.39. The van der Waals surface area contributed by atoms with Crippen LogP contribution in [0.3, 0.4) is 0 Å². The van der Waals surface area contributed by atoms with Crippen molar-refractivity contribution < 1.29 is 32.1 Å². The van der Waals surface area contributed by atoms with E-state index in [1.54, 1.807) is 14.2 Å². The topological polar surface area (TPSA) is 36.9 Å². The molecule has 3 rings (SSSR count). The molecular weight excluding hydrogens is 537 g/mol. The summed E-state index contributed by atoms with van der Waals surface area (Å²) in [6.07, 6.45) is -3.11. The van der Waals surface area contributed by atoms with Crippen LogP contribution >= 0.6 is 15.9 Å². The lowest BCUT2D eigenvalue weighted by molar-refractivity contribution is -0.137. The summed E-state index contributed by atoms with van der Waals surface area (Å²) < 4.78 is 63.5. The number of benzene rings is 3. The molecule has 0 radical (unpaired) electrons. The van der Waals surface area contributed by atoms with E-state index in [1.807, 2.05) is 39.0 Å². The average molecular weight is 567 g/mol. The maximum atomic E-state index is 13.0. The zero-order valence-corrected chi connectivity index (χ0v) is 22.6. The van der Waals surface area contributed by atoms with Crippen molar-refractivity contribution in [1.29, 1.82) is 0 Å². The lowest BCUT2D eigenvalue weighted by atomic mass is 9.95. The molecule has 0 aliphatic rings. The molecule has 8 heteroatoms. The van der Waals surface area contributed by atoms with E-state index in [0.29, 0.717) is 35.8 Å². The zero-order valence-electron chi connectivity index (χ0n) is 21.0. The monoisotopic (exact) mass is 566 g/mol. The molecule has 0 aliphatic carbocycles. The largest absolute Gasteiger partial charge is 0.496 e. The number of methoxy groups -OCH3 is 2. The van der Waals surface area contributed by atoms with Crippen molar-refractivity contribution in [3.05, 3.63) is 80.3 Å². The number of hydrogen-bond acceptors (Lipinski definition) is 4. The second-order valence-corrected chi connectivity index (χ2v) is 9.25. The van der Waals surface area contributed by atoms with Crippen molar-refractivity contribution in [2.45, 2.75) is 46.4 Å². The van der Waals surface area contributed by atoms with Crippen molar-refractivity contribution in [1.82, 2.24) is 0 Å². The van der Waals surface area contributed by atoms with E-state index in [0.717, 1.165) is 51.0 Å². The minimum Gasteiger partial charge on any atom is -0.496 e. The highest BCUT2D eigenvalue weighted by molar-refractivity contribution is 9.10. The van der Waals surface area contributed by atoms with Gasteiger partial charge in [-0.05, 0) is 67.3 Å². The molecule has 194 valence electrons. The van der Waals surface area contributed by atoms with Gasteiger partial charge in [0.1, 0.15) is 12.4 Å². The Morgan fingerprint density at radius 1 is 0.833 bits per heavy atom. The molecule has 3 aromatic carbocycles. The van der Waals surface area contributed by atoms with Gasteiger partial charge in [-0.25, -0.2) is 0 Å². The maximum Gasteiger partial charge on any atom is 0.416 e. The van der Waals surface area contributed by atoms with Crippen LogP contribution in [0.5, 0.6) is 23.0 Å². The molecule has 0 N–H and O–H groups in total. The molecule has 0 fully saturated rings.